The Morgan fingerprint density at radius 3 is 2.43 bits per heavy atom. The number of ether oxygens (including phenoxy) is 1. The van der Waals surface area contributed by atoms with Crippen LogP contribution in [0.5, 0.6) is 5.75 Å². The molecule has 1 amide bonds. The van der Waals surface area contributed by atoms with E-state index in [9.17, 15) is 14.7 Å². The molecule has 0 aromatic heterocycles. The summed E-state index contributed by atoms with van der Waals surface area (Å²) in [6, 6.07) is 10.9. The van der Waals surface area contributed by atoms with E-state index in [-0.39, 0.29) is 17.9 Å². The summed E-state index contributed by atoms with van der Waals surface area (Å²) < 4.78 is 5.52. The maximum atomic E-state index is 12.7. The lowest BCUT2D eigenvalue weighted by Crippen LogP contribution is -2.32. The van der Waals surface area contributed by atoms with Crippen LogP contribution in [0, 0.1) is 11.8 Å². The summed E-state index contributed by atoms with van der Waals surface area (Å²) in [6.45, 7) is 4.29. The van der Waals surface area contributed by atoms with Crippen molar-refractivity contribution in [2.24, 2.45) is 11.8 Å². The first-order chi connectivity index (χ1) is 16.7. The molecule has 2 aromatic rings. The quantitative estimate of drug-likeness (QED) is 0.361. The fourth-order valence-electron chi connectivity index (χ4n) is 4.63. The third-order valence-corrected chi connectivity index (χ3v) is 6.96. The van der Waals surface area contributed by atoms with Crippen LogP contribution in [0.25, 0.3) is 0 Å². The van der Waals surface area contributed by atoms with Crippen molar-refractivity contribution in [3.05, 3.63) is 58.1 Å². The zero-order valence-corrected chi connectivity index (χ0v) is 21.3. The Morgan fingerprint density at radius 1 is 1.11 bits per heavy atom. The number of aliphatic carboxylic acids is 1. The van der Waals surface area contributed by atoms with Gasteiger partial charge in [-0.25, -0.2) is 0 Å². The summed E-state index contributed by atoms with van der Waals surface area (Å²) in [5.74, 6) is -0.144. The number of rotatable bonds is 10. The van der Waals surface area contributed by atoms with Gasteiger partial charge in [0.2, 0.25) is 0 Å². The summed E-state index contributed by atoms with van der Waals surface area (Å²) in [5.41, 5.74) is 3.13. The molecule has 1 unspecified atom stereocenters. The largest absolute Gasteiger partial charge is 0.496 e. The number of aliphatic hydroxyl groups is 1. The van der Waals surface area contributed by atoms with Gasteiger partial charge in [-0.2, -0.15) is 0 Å². The third kappa shape index (κ3) is 7.36. The zero-order valence-electron chi connectivity index (χ0n) is 20.5. The Balaban J connectivity index is 1.61. The molecule has 2 aromatic carbocycles. The number of carboxylic acid groups (broad SMARTS) is 1. The summed E-state index contributed by atoms with van der Waals surface area (Å²) in [6.07, 6.45) is 3.05. The van der Waals surface area contributed by atoms with Crippen molar-refractivity contribution in [3.63, 3.8) is 0 Å². The SMILES string of the molecule is COc1ccc(CC(C)O)cc1[C@H](C)Nc1ccc(C(=O)NC[C@H]2CC[C@H](C(=O)O)CC2)cc1Cl. The minimum absolute atomic E-state index is 0.128. The van der Waals surface area contributed by atoms with E-state index in [4.69, 9.17) is 21.4 Å². The first kappa shape index (κ1) is 26.8. The Kier molecular flexibility index (Phi) is 9.40. The second-order valence-corrected chi connectivity index (χ2v) is 9.86. The number of methoxy groups -OCH3 is 1. The van der Waals surface area contributed by atoms with E-state index in [1.807, 2.05) is 25.1 Å². The number of carboxylic acids is 1. The highest BCUT2D eigenvalue weighted by molar-refractivity contribution is 6.33. The molecule has 0 saturated heterocycles. The van der Waals surface area contributed by atoms with Crippen LogP contribution in [0.3, 0.4) is 0 Å². The number of nitrogens with one attached hydrogen (secondary N) is 2. The van der Waals surface area contributed by atoms with Crippen molar-refractivity contribution >= 4 is 29.2 Å². The highest BCUT2D eigenvalue weighted by atomic mass is 35.5. The van der Waals surface area contributed by atoms with Crippen LogP contribution < -0.4 is 15.4 Å². The molecule has 3 rings (SSSR count). The van der Waals surface area contributed by atoms with Crippen LogP contribution >= 0.6 is 11.6 Å². The maximum Gasteiger partial charge on any atom is 0.306 e. The lowest BCUT2D eigenvalue weighted by Gasteiger charge is -2.26. The van der Waals surface area contributed by atoms with Gasteiger partial charge in [-0.1, -0.05) is 17.7 Å². The number of halogens is 1. The number of amides is 1. The summed E-state index contributed by atoms with van der Waals surface area (Å²) in [7, 11) is 1.62. The lowest BCUT2D eigenvalue weighted by molar-refractivity contribution is -0.143. The van der Waals surface area contributed by atoms with Crippen molar-refractivity contribution in [2.45, 2.75) is 58.1 Å². The number of anilines is 1. The summed E-state index contributed by atoms with van der Waals surface area (Å²) >= 11 is 6.51. The Morgan fingerprint density at radius 2 is 1.83 bits per heavy atom. The molecular formula is C27H35ClN2O5. The van der Waals surface area contributed by atoms with Gasteiger partial charge in [0.1, 0.15) is 5.75 Å². The van der Waals surface area contributed by atoms with Crippen molar-refractivity contribution in [1.29, 1.82) is 0 Å². The van der Waals surface area contributed by atoms with Gasteiger partial charge >= 0.3 is 5.97 Å². The number of hydrogen-bond donors (Lipinski definition) is 4. The van der Waals surface area contributed by atoms with Gasteiger partial charge in [-0.3, -0.25) is 9.59 Å². The smallest absolute Gasteiger partial charge is 0.306 e. The molecular weight excluding hydrogens is 468 g/mol. The molecule has 0 radical (unpaired) electrons. The highest BCUT2D eigenvalue weighted by Gasteiger charge is 2.26. The topological polar surface area (TPSA) is 108 Å². The number of benzene rings is 2. The second kappa shape index (κ2) is 12.3. The van der Waals surface area contributed by atoms with Gasteiger partial charge < -0.3 is 25.6 Å². The van der Waals surface area contributed by atoms with Crippen LogP contribution in [-0.2, 0) is 11.2 Å². The fraction of sp³-hybridized carbons (Fsp3) is 0.481. The molecule has 4 N–H and O–H groups in total. The highest BCUT2D eigenvalue weighted by Crippen LogP contribution is 2.32. The van der Waals surface area contributed by atoms with Gasteiger partial charge in [-0.05, 0) is 87.8 Å². The third-order valence-electron chi connectivity index (χ3n) is 6.64. The van der Waals surface area contributed by atoms with Gasteiger partial charge in [0, 0.05) is 17.7 Å². The molecule has 1 saturated carbocycles. The van der Waals surface area contributed by atoms with Crippen molar-refractivity contribution in [3.8, 4) is 5.75 Å². The van der Waals surface area contributed by atoms with E-state index < -0.39 is 12.1 Å². The van der Waals surface area contributed by atoms with E-state index in [0.717, 1.165) is 29.7 Å². The molecule has 0 bridgehead atoms. The minimum atomic E-state index is -0.726. The molecule has 0 heterocycles. The summed E-state index contributed by atoms with van der Waals surface area (Å²) in [5, 5.41) is 25.6. The first-order valence-electron chi connectivity index (χ1n) is 12.1. The molecule has 1 fully saturated rings. The van der Waals surface area contributed by atoms with E-state index in [1.165, 1.54) is 0 Å². The first-order valence-corrected chi connectivity index (χ1v) is 12.5. The Labute approximate surface area is 211 Å². The van der Waals surface area contributed by atoms with E-state index in [1.54, 1.807) is 32.2 Å². The number of hydrogen-bond acceptors (Lipinski definition) is 5. The van der Waals surface area contributed by atoms with Crippen LogP contribution in [0.2, 0.25) is 5.02 Å². The molecule has 190 valence electrons. The van der Waals surface area contributed by atoms with Crippen molar-refractivity contribution in [2.75, 3.05) is 19.0 Å². The molecule has 0 spiro atoms. The van der Waals surface area contributed by atoms with Gasteiger partial charge in [0.05, 0.1) is 35.9 Å². The molecule has 1 aliphatic rings. The van der Waals surface area contributed by atoms with E-state index in [2.05, 4.69) is 10.6 Å². The molecule has 0 aliphatic heterocycles. The normalized spacial score (nSPS) is 19.5. The molecule has 2 atom stereocenters. The minimum Gasteiger partial charge on any atom is -0.496 e. The monoisotopic (exact) mass is 502 g/mol. The summed E-state index contributed by atoms with van der Waals surface area (Å²) in [4.78, 5) is 23.8. The number of carbonyl (C=O) groups excluding carboxylic acids is 1. The van der Waals surface area contributed by atoms with Gasteiger partial charge in [-0.15, -0.1) is 0 Å². The van der Waals surface area contributed by atoms with Crippen LogP contribution in [0.1, 0.15) is 67.1 Å². The van der Waals surface area contributed by atoms with Crippen molar-refractivity contribution in [1.82, 2.24) is 5.32 Å². The second-order valence-electron chi connectivity index (χ2n) is 9.46. The molecule has 1 aliphatic carbocycles. The Bertz CT molecular complexity index is 1030. The van der Waals surface area contributed by atoms with Crippen LogP contribution in [0.4, 0.5) is 5.69 Å². The molecule has 8 heteroatoms. The zero-order chi connectivity index (χ0) is 25.5. The number of aliphatic hydroxyl groups excluding tert-OH is 1. The predicted molar refractivity (Wildman–Crippen MR) is 137 cm³/mol. The molecule has 7 nitrogen and oxygen atoms in total. The van der Waals surface area contributed by atoms with Crippen molar-refractivity contribution < 1.29 is 24.5 Å². The van der Waals surface area contributed by atoms with E-state index >= 15 is 0 Å². The Hall–Kier alpha value is -2.77. The van der Waals surface area contributed by atoms with E-state index in [0.29, 0.717) is 48.0 Å². The standard InChI is InChI=1S/C27H35ClN2O5/c1-16(31)12-19-6-11-25(35-3)22(13-19)17(2)30-24-10-9-21(14-23(24)28)26(32)29-15-18-4-7-20(8-5-18)27(33)34/h6,9-11,13-14,16-18,20,30-31H,4-5,7-8,12,15H2,1-3H3,(H,29,32)(H,33,34)/t16?,17-,18-,20-/m0/s1. The lowest BCUT2D eigenvalue weighted by atomic mass is 9.82. The average Bonchev–Trinajstić information content (AvgIpc) is 2.83. The fourth-order valence-corrected chi connectivity index (χ4v) is 4.86. The molecule has 35 heavy (non-hydrogen) atoms. The van der Waals surface area contributed by atoms with Crippen LogP contribution in [-0.4, -0.2) is 41.8 Å². The van der Waals surface area contributed by atoms with Gasteiger partial charge in [0.25, 0.3) is 5.91 Å². The van der Waals surface area contributed by atoms with Gasteiger partial charge in [0.15, 0.2) is 0 Å². The number of carbonyl (C=O) groups is 2. The average molecular weight is 503 g/mol. The predicted octanol–water partition coefficient (Wildman–Crippen LogP) is 5.07. The maximum absolute atomic E-state index is 12.7. The van der Waals surface area contributed by atoms with Crippen LogP contribution in [0.15, 0.2) is 36.4 Å².